The summed E-state index contributed by atoms with van der Waals surface area (Å²) in [6.45, 7) is 1.43. The summed E-state index contributed by atoms with van der Waals surface area (Å²) in [7, 11) is 1.71. The van der Waals surface area contributed by atoms with E-state index in [4.69, 9.17) is 34.5 Å². The lowest BCUT2D eigenvalue weighted by Crippen LogP contribution is -2.63. The van der Waals surface area contributed by atoms with Crippen molar-refractivity contribution in [3.63, 3.8) is 0 Å². The molecule has 12 amide bonds. The number of carbonyl (C=O) groups is 13. The molecular weight excluding hydrogens is 1450 g/mol. The number of primary amides is 1. The van der Waals surface area contributed by atoms with Crippen molar-refractivity contribution < 1.29 is 82.8 Å². The van der Waals surface area contributed by atoms with E-state index in [1.807, 2.05) is 0 Å². The number of aliphatic hydroxyl groups excluding tert-OH is 3. The molecule has 36 heteroatoms. The van der Waals surface area contributed by atoms with Gasteiger partial charge in [-0.3, -0.25) is 57.5 Å². The lowest BCUT2D eigenvalue weighted by molar-refractivity contribution is -0.142. The van der Waals surface area contributed by atoms with Gasteiger partial charge in [0.05, 0.1) is 31.3 Å². The summed E-state index contributed by atoms with van der Waals surface area (Å²) < 4.78 is 0. The van der Waals surface area contributed by atoms with Gasteiger partial charge in [0.15, 0.2) is 0 Å². The Bertz CT molecular complexity index is 3850. The Morgan fingerprint density at radius 3 is 1.33 bits per heavy atom. The Kier molecular flexibility index (Phi) is 35.3. The molecule has 0 spiro atoms. The number of halogens is 1. The van der Waals surface area contributed by atoms with Gasteiger partial charge < -0.3 is 107 Å². The summed E-state index contributed by atoms with van der Waals surface area (Å²) in [5.74, 6) is -15.1. The summed E-state index contributed by atoms with van der Waals surface area (Å²) in [6, 6.07) is 9.55. The van der Waals surface area contributed by atoms with E-state index in [9.17, 15) is 68.4 Å². The quantitative estimate of drug-likeness (QED) is 0.0244. The zero-order chi connectivity index (χ0) is 78.3. The van der Waals surface area contributed by atoms with E-state index in [1.165, 1.54) is 12.1 Å². The molecule has 0 unspecified atom stereocenters. The number of aromatic amines is 1. The second-order valence-electron chi connectivity index (χ2n) is 25.7. The van der Waals surface area contributed by atoms with Crippen molar-refractivity contribution in [1.29, 1.82) is 0 Å². The van der Waals surface area contributed by atoms with Crippen molar-refractivity contribution in [1.82, 2.24) is 63.5 Å². The topological polar surface area (TPSA) is 555 Å². The average molecular weight is 1540 g/mol. The summed E-state index contributed by atoms with van der Waals surface area (Å²) in [6.07, 6.45) is -2.96. The first kappa shape index (κ1) is 86.2. The van der Waals surface area contributed by atoms with Crippen molar-refractivity contribution in [2.75, 3.05) is 31.2 Å². The highest BCUT2D eigenvalue weighted by atomic mass is 35.5. The van der Waals surface area contributed by atoms with E-state index in [1.54, 1.807) is 103 Å². The number of amides is 12. The second-order valence-corrected chi connectivity index (χ2v) is 28.7. The van der Waals surface area contributed by atoms with Gasteiger partial charge in [0.2, 0.25) is 70.9 Å². The van der Waals surface area contributed by atoms with Crippen LogP contribution in [0.25, 0.3) is 10.9 Å². The summed E-state index contributed by atoms with van der Waals surface area (Å²) in [5.41, 5.74) is 26.2. The van der Waals surface area contributed by atoms with Gasteiger partial charge in [-0.1, -0.05) is 124 Å². The fourth-order valence-electron chi connectivity index (χ4n) is 11.3. The number of para-hydroxylation sites is 1. The first-order valence-electron chi connectivity index (χ1n) is 34.7. The molecule has 5 aromatic rings. The fraction of sp³-hybridized carbons (Fsp3) is 0.451. The molecule has 14 atom stereocenters. The van der Waals surface area contributed by atoms with Crippen LogP contribution in [0.5, 0.6) is 0 Å². The number of nitrogens with one attached hydrogen (secondary N) is 12. The van der Waals surface area contributed by atoms with E-state index >= 15 is 14.4 Å². The van der Waals surface area contributed by atoms with E-state index in [0.717, 1.165) is 35.4 Å². The molecule has 1 saturated heterocycles. The molecule has 0 bridgehead atoms. The number of benzene rings is 4. The number of rotatable bonds is 22. The third-order valence-electron chi connectivity index (χ3n) is 17.2. The maximum atomic E-state index is 15.3. The highest BCUT2D eigenvalue weighted by Gasteiger charge is 2.39. The predicted molar refractivity (Wildman–Crippen MR) is 399 cm³/mol. The van der Waals surface area contributed by atoms with Crippen LogP contribution in [0.3, 0.4) is 0 Å². The Morgan fingerprint density at radius 2 is 0.850 bits per heavy atom. The molecule has 24 N–H and O–H groups in total. The van der Waals surface area contributed by atoms with Crippen LogP contribution < -0.4 is 81.4 Å². The summed E-state index contributed by atoms with van der Waals surface area (Å²) in [4.78, 5) is 188. The minimum absolute atomic E-state index is 0.0847. The maximum Gasteiger partial charge on any atom is 0.327 e. The highest BCUT2D eigenvalue weighted by molar-refractivity contribution is 8.76. The third-order valence-corrected chi connectivity index (χ3v) is 19.9. The number of carboxylic acids is 1. The van der Waals surface area contributed by atoms with Crippen LogP contribution >= 0.6 is 33.2 Å². The highest BCUT2D eigenvalue weighted by Crippen LogP contribution is 2.24. The number of aliphatic hydroxyl groups is 3. The fourth-order valence-corrected chi connectivity index (χ4v) is 13.7. The summed E-state index contributed by atoms with van der Waals surface area (Å²) in [5, 5.41) is 71.3. The Balaban J connectivity index is 1.44. The van der Waals surface area contributed by atoms with Gasteiger partial charge >= 0.3 is 5.97 Å². The van der Waals surface area contributed by atoms with Gasteiger partial charge in [-0.2, -0.15) is 0 Å². The smallest absolute Gasteiger partial charge is 0.327 e. The minimum Gasteiger partial charge on any atom is -0.480 e. The predicted octanol–water partition coefficient (Wildman–Crippen LogP) is -2.88. The monoisotopic (exact) mass is 1540 g/mol. The first-order chi connectivity index (χ1) is 51.1. The van der Waals surface area contributed by atoms with Gasteiger partial charge in [0.25, 0.3) is 0 Å². The zero-order valence-corrected chi connectivity index (χ0v) is 61.4. The molecule has 107 heavy (non-hydrogen) atoms. The average Bonchev–Trinajstić information content (AvgIpc) is 1.72. The van der Waals surface area contributed by atoms with Crippen molar-refractivity contribution in [3.05, 3.63) is 143 Å². The van der Waals surface area contributed by atoms with E-state index in [0.29, 0.717) is 51.0 Å². The SMILES string of the molecule is C[C@@H](O)[C@@H]1NC(=O)[C@H](Cc2ccccc2)NC(=O)[C@H]([C@@H](C)O)NC(=O)[C@H](CCCCN)NC(=O)[C@@H](Cc2c[nH]c3ccccc23)NC(=O)[C@H](Cc2ccccc2)NC(=O)[C@H](Cc2ccc(Cl)cc2)NC(=O)[C@H](CC(N)=O)NC(=O)[C@H](CCCCN)NC(=O)[C@@H](N)CSSC[C@@H](C(=O)O)NC(=O)[C@H](CO)NC1=O. The van der Waals surface area contributed by atoms with Crippen LogP contribution in [0.1, 0.15) is 81.0 Å². The number of aliphatic carboxylic acids is 1. The normalized spacial score (nSPS) is 24.5. The molecule has 6 rings (SSSR count). The number of H-pyrrole nitrogens is 1. The van der Waals surface area contributed by atoms with Crippen LogP contribution in [0.2, 0.25) is 5.02 Å². The number of hydrogen-bond donors (Lipinski definition) is 20. The van der Waals surface area contributed by atoms with Gasteiger partial charge in [0, 0.05) is 59.3 Å². The molecule has 33 nitrogen and oxygen atoms in total. The molecule has 1 aromatic heterocycles. The molecule has 580 valence electrons. The largest absolute Gasteiger partial charge is 0.480 e. The van der Waals surface area contributed by atoms with Crippen LogP contribution in [-0.2, 0) is 88.0 Å². The molecule has 0 aliphatic carbocycles. The van der Waals surface area contributed by atoms with Crippen LogP contribution in [0.4, 0.5) is 0 Å². The number of fused-ring (bicyclic) bond motifs is 1. The molecule has 1 aliphatic rings. The summed E-state index contributed by atoms with van der Waals surface area (Å²) >= 11 is 6.26. The Hall–Kier alpha value is -9.72. The van der Waals surface area contributed by atoms with Crippen LogP contribution in [0.15, 0.2) is 115 Å². The molecule has 0 radical (unpaired) electrons. The molecular formula is C71H95ClN16O17S2. The first-order valence-corrected chi connectivity index (χ1v) is 37.6. The van der Waals surface area contributed by atoms with E-state index in [-0.39, 0.29) is 70.2 Å². The van der Waals surface area contributed by atoms with Crippen molar-refractivity contribution in [2.45, 2.75) is 169 Å². The Morgan fingerprint density at radius 1 is 0.467 bits per heavy atom. The molecule has 1 aliphatic heterocycles. The number of carbonyl (C=O) groups excluding carboxylic acids is 12. The maximum absolute atomic E-state index is 15.3. The molecule has 2 heterocycles. The third kappa shape index (κ3) is 27.9. The van der Waals surface area contributed by atoms with Gasteiger partial charge in [-0.25, -0.2) is 4.79 Å². The van der Waals surface area contributed by atoms with Gasteiger partial charge in [-0.15, -0.1) is 0 Å². The Labute approximate surface area is 630 Å². The van der Waals surface area contributed by atoms with Crippen molar-refractivity contribution in [2.24, 2.45) is 22.9 Å². The number of aromatic nitrogens is 1. The molecule has 0 saturated carbocycles. The van der Waals surface area contributed by atoms with Crippen molar-refractivity contribution >= 4 is 121 Å². The van der Waals surface area contributed by atoms with Gasteiger partial charge in [-0.05, 0) is 106 Å². The van der Waals surface area contributed by atoms with E-state index in [2.05, 4.69) is 63.5 Å². The van der Waals surface area contributed by atoms with Gasteiger partial charge in [0.1, 0.15) is 66.5 Å². The van der Waals surface area contributed by atoms with Crippen molar-refractivity contribution in [3.8, 4) is 0 Å². The van der Waals surface area contributed by atoms with E-state index < -0.39 is 180 Å². The standard InChI is InChI=1S/C71H95ClN16O17S2/c1-38(90)58-69(102)84-52(30-41-17-7-4-8-18-41)67(100)88-59(39(2)91)70(103)85-55(35-89)68(101)86-56(71(104)105)37-107-106-36-46(75)60(93)78-48(21-11-13-27-73)61(94)83-54(33-57(76)92)66(99)81-51(31-42-23-25-44(72)26-24-42)63(96)80-50(29-40-15-5-3-6-16-40)64(97)82-53(32-43-34-77-47-20-10-9-19-45(43)47)65(98)79-49(62(95)87-58)22-12-14-28-74/h3-10,15-20,23-26,34,38-39,46,48-56,58-59,77,89-91H,11-14,21-22,27-33,35-37,73-75H2,1-2H3,(H2,76,92)(H,78,93)(H,79,98)(H,80,96)(H,81,99)(H,82,97)(H,83,94)(H,84,102)(H,85,103)(H,86,101)(H,87,95)(H,88,100)(H,104,105)/t38-,39-,46+,48+,49+,50+,51+,52+,53-,54+,55+,56+,58+,59+/m1/s1. The minimum atomic E-state index is -1.94. The number of nitrogens with two attached hydrogens (primary N) is 4. The second kappa shape index (κ2) is 43.8. The molecule has 1 fully saturated rings. The number of hydrogen-bond acceptors (Lipinski definition) is 21. The van der Waals surface area contributed by atoms with Crippen LogP contribution in [-0.4, -0.2) is 218 Å². The number of unbranched alkanes of at least 4 members (excludes halogenated alkanes) is 2. The van der Waals surface area contributed by atoms with Crippen LogP contribution in [0, 0.1) is 0 Å². The lowest BCUT2D eigenvalue weighted by atomic mass is 10.00. The zero-order valence-electron chi connectivity index (χ0n) is 59.0. The number of carboxylic acid groups (broad SMARTS) is 1. The lowest BCUT2D eigenvalue weighted by Gasteiger charge is -2.29. The molecule has 4 aromatic carbocycles.